The lowest BCUT2D eigenvalue weighted by atomic mass is 9.99. The van der Waals surface area contributed by atoms with Gasteiger partial charge in [-0.25, -0.2) is 4.98 Å². The molecule has 1 amide bonds. The molecule has 0 spiro atoms. The van der Waals surface area contributed by atoms with E-state index in [0.717, 1.165) is 27.4 Å². The molecule has 0 saturated carbocycles. The molecule has 6 heteroatoms. The van der Waals surface area contributed by atoms with Crippen molar-refractivity contribution < 1.29 is 4.79 Å². The van der Waals surface area contributed by atoms with Gasteiger partial charge in [0.25, 0.3) is 0 Å². The predicted octanol–water partition coefficient (Wildman–Crippen LogP) is 4.07. The van der Waals surface area contributed by atoms with Gasteiger partial charge in [0.2, 0.25) is 5.91 Å². The number of hydrogen-bond acceptors (Lipinski definition) is 4. The first-order valence-corrected chi connectivity index (χ1v) is 8.56. The lowest BCUT2D eigenvalue weighted by molar-refractivity contribution is -0.114. The van der Waals surface area contributed by atoms with Gasteiger partial charge in [-0.2, -0.15) is 0 Å². The van der Waals surface area contributed by atoms with Gasteiger partial charge in [0.05, 0.1) is 0 Å². The number of anilines is 1. The van der Waals surface area contributed by atoms with E-state index in [1.165, 1.54) is 18.3 Å². The van der Waals surface area contributed by atoms with Crippen LogP contribution in [-0.2, 0) is 4.79 Å². The Labute approximate surface area is 149 Å². The third kappa shape index (κ3) is 3.50. The van der Waals surface area contributed by atoms with Crippen molar-refractivity contribution >= 4 is 40.1 Å². The van der Waals surface area contributed by atoms with Crippen LogP contribution in [0.15, 0.2) is 53.9 Å². The minimum atomic E-state index is -0.0959. The number of benzene rings is 2. The van der Waals surface area contributed by atoms with Crippen LogP contribution in [0.25, 0.3) is 21.7 Å². The third-order valence-electron chi connectivity index (χ3n) is 3.41. The molecule has 3 rings (SSSR count). The lowest BCUT2D eigenvalue weighted by Gasteiger charge is -2.09. The summed E-state index contributed by atoms with van der Waals surface area (Å²) in [6.45, 7) is 1.49. The Morgan fingerprint density at radius 2 is 1.92 bits per heavy atom. The maximum Gasteiger partial charge on any atom is 0.221 e. The molecule has 4 nitrogen and oxygen atoms in total. The van der Waals surface area contributed by atoms with E-state index in [-0.39, 0.29) is 5.91 Å². The largest absolute Gasteiger partial charge is 0.388 e. The van der Waals surface area contributed by atoms with Crippen LogP contribution in [0, 0.1) is 0 Å². The fraction of sp³-hybridized carbons (Fsp3) is 0.0556. The van der Waals surface area contributed by atoms with Crippen molar-refractivity contribution in [1.82, 2.24) is 4.98 Å². The van der Waals surface area contributed by atoms with Crippen molar-refractivity contribution in [3.63, 3.8) is 0 Å². The minimum absolute atomic E-state index is 0.0959. The molecule has 120 valence electrons. The number of aromatic nitrogens is 1. The Hall–Kier alpha value is -2.57. The molecule has 0 aliphatic carbocycles. The van der Waals surface area contributed by atoms with Crippen molar-refractivity contribution in [2.75, 3.05) is 5.32 Å². The molecule has 0 unspecified atom stereocenters. The average Bonchev–Trinajstić information content (AvgIpc) is 3.05. The average molecular weight is 353 g/mol. The molecule has 1 aromatic heterocycles. The number of rotatable bonds is 4. The van der Waals surface area contributed by atoms with Gasteiger partial charge in [0.15, 0.2) is 0 Å². The Kier molecular flexibility index (Phi) is 4.69. The molecule has 0 bridgehead atoms. The number of thiazole rings is 1. The standard InChI is InChI=1S/C18H15N3OS2/c1-11(22)20-13-6-4-5-12(9-13)14-7-2-3-8-15(14)18-21-16(10-24-18)17(19)23/h2-10H,1H3,(H2,19,23)(H,20,22). The van der Waals surface area contributed by atoms with Crippen molar-refractivity contribution in [3.8, 4) is 21.7 Å². The van der Waals surface area contributed by atoms with Gasteiger partial charge in [-0.3, -0.25) is 4.79 Å². The van der Waals surface area contributed by atoms with E-state index in [9.17, 15) is 4.79 Å². The van der Waals surface area contributed by atoms with Crippen LogP contribution in [0.5, 0.6) is 0 Å². The van der Waals surface area contributed by atoms with Gasteiger partial charge in [-0.1, -0.05) is 48.6 Å². The van der Waals surface area contributed by atoms with Gasteiger partial charge in [0.1, 0.15) is 15.7 Å². The smallest absolute Gasteiger partial charge is 0.221 e. The molecule has 3 N–H and O–H groups in total. The molecule has 2 aromatic carbocycles. The van der Waals surface area contributed by atoms with Gasteiger partial charge in [-0.15, -0.1) is 11.3 Å². The molecule has 0 radical (unpaired) electrons. The van der Waals surface area contributed by atoms with Gasteiger partial charge >= 0.3 is 0 Å². The molecular weight excluding hydrogens is 338 g/mol. The van der Waals surface area contributed by atoms with E-state index in [1.807, 2.05) is 53.9 Å². The van der Waals surface area contributed by atoms with Crippen LogP contribution in [0.2, 0.25) is 0 Å². The minimum Gasteiger partial charge on any atom is -0.388 e. The first-order valence-electron chi connectivity index (χ1n) is 7.27. The molecule has 0 fully saturated rings. The zero-order valence-electron chi connectivity index (χ0n) is 12.9. The quantitative estimate of drug-likeness (QED) is 0.694. The second-order valence-corrected chi connectivity index (χ2v) is 6.51. The number of nitrogens with zero attached hydrogens (tertiary/aromatic N) is 1. The summed E-state index contributed by atoms with van der Waals surface area (Å²) in [6, 6.07) is 15.7. The van der Waals surface area contributed by atoms with Crippen molar-refractivity contribution in [1.29, 1.82) is 0 Å². The van der Waals surface area contributed by atoms with Crippen molar-refractivity contribution in [2.24, 2.45) is 5.73 Å². The number of nitrogens with two attached hydrogens (primary N) is 1. The van der Waals surface area contributed by atoms with Crippen molar-refractivity contribution in [3.05, 3.63) is 59.6 Å². The van der Waals surface area contributed by atoms with E-state index in [2.05, 4.69) is 10.3 Å². The van der Waals surface area contributed by atoms with Gasteiger partial charge in [0, 0.05) is 23.6 Å². The van der Waals surface area contributed by atoms with Crippen LogP contribution in [-0.4, -0.2) is 15.9 Å². The van der Waals surface area contributed by atoms with Gasteiger partial charge in [-0.05, 0) is 23.3 Å². The van der Waals surface area contributed by atoms with Crippen LogP contribution >= 0.6 is 23.6 Å². The van der Waals surface area contributed by atoms with Gasteiger partial charge < -0.3 is 11.1 Å². The maximum absolute atomic E-state index is 11.3. The van der Waals surface area contributed by atoms with E-state index in [0.29, 0.717) is 10.7 Å². The summed E-state index contributed by atoms with van der Waals surface area (Å²) in [5, 5.41) is 5.53. The molecule has 0 aliphatic heterocycles. The highest BCUT2D eigenvalue weighted by Crippen LogP contribution is 2.34. The Balaban J connectivity index is 2.06. The second kappa shape index (κ2) is 6.90. The second-order valence-electron chi connectivity index (χ2n) is 5.21. The Morgan fingerprint density at radius 1 is 1.17 bits per heavy atom. The van der Waals surface area contributed by atoms with Crippen LogP contribution in [0.3, 0.4) is 0 Å². The fourth-order valence-electron chi connectivity index (χ4n) is 2.40. The summed E-state index contributed by atoms with van der Waals surface area (Å²) in [5.74, 6) is -0.0959. The molecule has 0 atom stereocenters. The predicted molar refractivity (Wildman–Crippen MR) is 103 cm³/mol. The van der Waals surface area contributed by atoms with E-state index in [4.69, 9.17) is 18.0 Å². The zero-order chi connectivity index (χ0) is 17.1. The summed E-state index contributed by atoms with van der Waals surface area (Å²) < 4.78 is 0. The van der Waals surface area contributed by atoms with E-state index >= 15 is 0 Å². The number of carbonyl (C=O) groups is 1. The topological polar surface area (TPSA) is 68.0 Å². The van der Waals surface area contributed by atoms with E-state index < -0.39 is 0 Å². The van der Waals surface area contributed by atoms with E-state index in [1.54, 1.807) is 0 Å². The summed E-state index contributed by atoms with van der Waals surface area (Å²) in [5.41, 5.74) is 10.1. The number of nitrogens with one attached hydrogen (secondary N) is 1. The number of carbonyl (C=O) groups excluding carboxylic acids is 1. The maximum atomic E-state index is 11.3. The molecule has 1 heterocycles. The number of thiocarbonyl (C=S) groups is 1. The lowest BCUT2D eigenvalue weighted by Crippen LogP contribution is -2.09. The highest BCUT2D eigenvalue weighted by atomic mass is 32.1. The Morgan fingerprint density at radius 3 is 2.58 bits per heavy atom. The summed E-state index contributed by atoms with van der Waals surface area (Å²) in [6.07, 6.45) is 0. The molecule has 0 saturated heterocycles. The van der Waals surface area contributed by atoms with Crippen LogP contribution in [0.1, 0.15) is 12.6 Å². The first-order chi connectivity index (χ1) is 11.5. The third-order valence-corrected chi connectivity index (χ3v) is 4.49. The molecule has 24 heavy (non-hydrogen) atoms. The normalized spacial score (nSPS) is 10.4. The monoisotopic (exact) mass is 353 g/mol. The number of amides is 1. The SMILES string of the molecule is CC(=O)Nc1cccc(-c2ccccc2-c2nc(C(N)=S)cs2)c1. The van der Waals surface area contributed by atoms with Crippen LogP contribution in [0.4, 0.5) is 5.69 Å². The summed E-state index contributed by atoms with van der Waals surface area (Å²) in [4.78, 5) is 16.1. The molecule has 3 aromatic rings. The summed E-state index contributed by atoms with van der Waals surface area (Å²) in [7, 11) is 0. The highest BCUT2D eigenvalue weighted by molar-refractivity contribution is 7.80. The first kappa shape index (κ1) is 16.3. The highest BCUT2D eigenvalue weighted by Gasteiger charge is 2.12. The van der Waals surface area contributed by atoms with Crippen molar-refractivity contribution in [2.45, 2.75) is 6.92 Å². The molecule has 0 aliphatic rings. The van der Waals surface area contributed by atoms with Crippen LogP contribution < -0.4 is 11.1 Å². The number of hydrogen-bond donors (Lipinski definition) is 2. The molecular formula is C18H15N3OS2. The summed E-state index contributed by atoms with van der Waals surface area (Å²) >= 11 is 6.50. The Bertz CT molecular complexity index is 918. The fourth-order valence-corrected chi connectivity index (χ4v) is 3.44. The zero-order valence-corrected chi connectivity index (χ0v) is 14.6.